The van der Waals surface area contributed by atoms with E-state index in [1.165, 1.54) is 18.9 Å². The number of aromatic nitrogens is 1. The summed E-state index contributed by atoms with van der Waals surface area (Å²) in [5.74, 6) is 0.382. The molecule has 1 aliphatic carbocycles. The summed E-state index contributed by atoms with van der Waals surface area (Å²) in [6.45, 7) is 2.10. The minimum atomic E-state index is -0.988. The van der Waals surface area contributed by atoms with Crippen molar-refractivity contribution in [1.29, 1.82) is 0 Å². The molecule has 0 radical (unpaired) electrons. The van der Waals surface area contributed by atoms with Gasteiger partial charge in [0.15, 0.2) is 5.69 Å². The highest BCUT2D eigenvalue weighted by molar-refractivity contribution is 5.85. The lowest BCUT2D eigenvalue weighted by Crippen LogP contribution is -2.18. The van der Waals surface area contributed by atoms with Crippen molar-refractivity contribution in [2.75, 3.05) is 5.32 Å². The zero-order chi connectivity index (χ0) is 10.8. The molecule has 0 bridgehead atoms. The van der Waals surface area contributed by atoms with Crippen molar-refractivity contribution in [2.45, 2.75) is 25.8 Å². The Kier molecular flexibility index (Phi) is 2.58. The summed E-state index contributed by atoms with van der Waals surface area (Å²) in [5.41, 5.74) is 0.0861. The van der Waals surface area contributed by atoms with Gasteiger partial charge in [-0.05, 0) is 37.8 Å². The zero-order valence-corrected chi connectivity index (χ0v) is 8.60. The molecule has 1 aliphatic rings. The second kappa shape index (κ2) is 3.88. The number of carboxylic acid groups (broad SMARTS) is 1. The molecule has 0 amide bonds. The van der Waals surface area contributed by atoms with Gasteiger partial charge in [0.05, 0.1) is 0 Å². The molecule has 1 saturated carbocycles. The van der Waals surface area contributed by atoms with Crippen LogP contribution in [0.25, 0.3) is 0 Å². The molecular weight excluding hydrogens is 192 g/mol. The number of carboxylic acids is 1. The minimum absolute atomic E-state index is 0.0861. The minimum Gasteiger partial charge on any atom is -0.477 e. The van der Waals surface area contributed by atoms with E-state index in [-0.39, 0.29) is 5.69 Å². The van der Waals surface area contributed by atoms with Crippen molar-refractivity contribution in [3.63, 3.8) is 0 Å². The second-order valence-electron chi connectivity index (χ2n) is 3.98. The van der Waals surface area contributed by atoms with Crippen LogP contribution in [0.15, 0.2) is 18.2 Å². The predicted octanol–water partition coefficient (Wildman–Crippen LogP) is 1.99. The molecule has 0 unspecified atom stereocenters. The Morgan fingerprint density at radius 3 is 2.93 bits per heavy atom. The molecule has 4 heteroatoms. The van der Waals surface area contributed by atoms with Crippen molar-refractivity contribution in [2.24, 2.45) is 5.92 Å². The first-order chi connectivity index (χ1) is 7.16. The first kappa shape index (κ1) is 9.96. The average Bonchev–Trinajstić information content (AvgIpc) is 3.01. The molecule has 2 rings (SSSR count). The van der Waals surface area contributed by atoms with Gasteiger partial charge in [-0.15, -0.1) is 0 Å². The molecule has 1 heterocycles. The van der Waals surface area contributed by atoms with Crippen LogP contribution in [0, 0.1) is 5.92 Å². The number of rotatable bonds is 4. The number of anilines is 1. The Labute approximate surface area is 88.3 Å². The third kappa shape index (κ3) is 2.46. The topological polar surface area (TPSA) is 62.2 Å². The van der Waals surface area contributed by atoms with Gasteiger partial charge in [0.1, 0.15) is 5.82 Å². The lowest BCUT2D eigenvalue weighted by Gasteiger charge is -2.13. The van der Waals surface area contributed by atoms with Gasteiger partial charge >= 0.3 is 5.97 Å². The molecule has 4 nitrogen and oxygen atoms in total. The molecule has 1 aromatic rings. The zero-order valence-electron chi connectivity index (χ0n) is 8.60. The Hall–Kier alpha value is -1.58. The van der Waals surface area contributed by atoms with Crippen LogP contribution in [0.1, 0.15) is 30.3 Å². The number of nitrogens with zero attached hydrogens (tertiary/aromatic N) is 1. The van der Waals surface area contributed by atoms with Gasteiger partial charge in [0.25, 0.3) is 0 Å². The highest BCUT2D eigenvalue weighted by Gasteiger charge is 2.27. The third-order valence-corrected chi connectivity index (χ3v) is 2.67. The van der Waals surface area contributed by atoms with Gasteiger partial charge in [-0.25, -0.2) is 9.78 Å². The van der Waals surface area contributed by atoms with Crippen LogP contribution in [0.2, 0.25) is 0 Å². The molecule has 0 aliphatic heterocycles. The Morgan fingerprint density at radius 1 is 1.60 bits per heavy atom. The van der Waals surface area contributed by atoms with Crippen LogP contribution >= 0.6 is 0 Å². The lowest BCUT2D eigenvalue weighted by atomic mass is 10.2. The summed E-state index contributed by atoms with van der Waals surface area (Å²) < 4.78 is 0. The van der Waals surface area contributed by atoms with Gasteiger partial charge in [-0.1, -0.05) is 6.07 Å². The molecule has 1 fully saturated rings. The number of hydrogen-bond donors (Lipinski definition) is 2. The largest absolute Gasteiger partial charge is 0.477 e. The van der Waals surface area contributed by atoms with E-state index in [4.69, 9.17) is 5.11 Å². The number of pyridine rings is 1. The van der Waals surface area contributed by atoms with Crippen LogP contribution in [0.4, 0.5) is 5.82 Å². The van der Waals surface area contributed by atoms with Gasteiger partial charge < -0.3 is 10.4 Å². The lowest BCUT2D eigenvalue weighted by molar-refractivity contribution is 0.0690. The van der Waals surface area contributed by atoms with Crippen molar-refractivity contribution in [3.8, 4) is 0 Å². The van der Waals surface area contributed by atoms with E-state index in [0.29, 0.717) is 11.9 Å². The number of carbonyl (C=O) groups is 1. The fourth-order valence-electron chi connectivity index (χ4n) is 1.58. The number of aromatic carboxylic acids is 1. The predicted molar refractivity (Wildman–Crippen MR) is 57.0 cm³/mol. The van der Waals surface area contributed by atoms with Crippen molar-refractivity contribution >= 4 is 11.8 Å². The van der Waals surface area contributed by atoms with E-state index in [1.807, 2.05) is 0 Å². The molecule has 15 heavy (non-hydrogen) atoms. The van der Waals surface area contributed by atoms with E-state index in [1.54, 1.807) is 12.1 Å². The maximum atomic E-state index is 10.7. The van der Waals surface area contributed by atoms with Gasteiger partial charge in [-0.3, -0.25) is 0 Å². The van der Waals surface area contributed by atoms with E-state index in [2.05, 4.69) is 17.2 Å². The van der Waals surface area contributed by atoms with Crippen LogP contribution in [0.5, 0.6) is 0 Å². The maximum absolute atomic E-state index is 10.7. The first-order valence-corrected chi connectivity index (χ1v) is 5.13. The molecule has 0 spiro atoms. The fourth-order valence-corrected chi connectivity index (χ4v) is 1.58. The Bertz CT molecular complexity index is 375. The van der Waals surface area contributed by atoms with Crippen LogP contribution in [-0.4, -0.2) is 22.1 Å². The van der Waals surface area contributed by atoms with Gasteiger partial charge in [0.2, 0.25) is 0 Å². The Morgan fingerprint density at radius 2 is 2.33 bits per heavy atom. The number of nitrogens with one attached hydrogen (secondary N) is 1. The average molecular weight is 206 g/mol. The normalized spacial score (nSPS) is 17.1. The van der Waals surface area contributed by atoms with Gasteiger partial charge in [-0.2, -0.15) is 0 Å². The van der Waals surface area contributed by atoms with E-state index >= 15 is 0 Å². The van der Waals surface area contributed by atoms with Gasteiger partial charge in [0, 0.05) is 6.04 Å². The molecule has 0 saturated heterocycles. The summed E-state index contributed by atoms with van der Waals surface area (Å²) in [4.78, 5) is 14.7. The highest BCUT2D eigenvalue weighted by atomic mass is 16.4. The van der Waals surface area contributed by atoms with E-state index in [0.717, 1.165) is 5.92 Å². The summed E-state index contributed by atoms with van der Waals surface area (Å²) >= 11 is 0. The van der Waals surface area contributed by atoms with Crippen LogP contribution in [0.3, 0.4) is 0 Å². The second-order valence-corrected chi connectivity index (χ2v) is 3.98. The highest BCUT2D eigenvalue weighted by Crippen LogP contribution is 2.33. The summed E-state index contributed by atoms with van der Waals surface area (Å²) in [5, 5.41) is 12.0. The van der Waals surface area contributed by atoms with Crippen LogP contribution in [-0.2, 0) is 0 Å². The molecular formula is C11H14N2O2. The standard InChI is InChI=1S/C11H14N2O2/c1-7(8-5-6-8)12-10-4-2-3-9(13-10)11(14)15/h2-4,7-8H,5-6H2,1H3,(H,12,13)(H,14,15)/t7-/m0/s1. The first-order valence-electron chi connectivity index (χ1n) is 5.13. The quantitative estimate of drug-likeness (QED) is 0.790. The van der Waals surface area contributed by atoms with E-state index < -0.39 is 5.97 Å². The molecule has 1 aromatic heterocycles. The summed E-state index contributed by atoms with van der Waals surface area (Å²) in [6, 6.07) is 5.38. The molecule has 2 N–H and O–H groups in total. The summed E-state index contributed by atoms with van der Waals surface area (Å²) in [7, 11) is 0. The smallest absolute Gasteiger partial charge is 0.354 e. The van der Waals surface area contributed by atoms with Crippen LogP contribution < -0.4 is 5.32 Å². The molecule has 0 aromatic carbocycles. The number of hydrogen-bond acceptors (Lipinski definition) is 3. The maximum Gasteiger partial charge on any atom is 0.354 e. The SMILES string of the molecule is C[C@H](Nc1cccc(C(=O)O)n1)C1CC1. The third-order valence-electron chi connectivity index (χ3n) is 2.67. The van der Waals surface area contributed by atoms with Crippen molar-refractivity contribution < 1.29 is 9.90 Å². The fraction of sp³-hybridized carbons (Fsp3) is 0.455. The Balaban J connectivity index is 2.07. The van der Waals surface area contributed by atoms with Crippen molar-refractivity contribution in [1.82, 2.24) is 4.98 Å². The van der Waals surface area contributed by atoms with Crippen molar-refractivity contribution in [3.05, 3.63) is 23.9 Å². The monoisotopic (exact) mass is 206 g/mol. The summed E-state index contributed by atoms with van der Waals surface area (Å²) in [6.07, 6.45) is 2.51. The molecule has 1 atom stereocenters. The van der Waals surface area contributed by atoms with E-state index in [9.17, 15) is 4.79 Å². The molecule has 80 valence electrons.